The van der Waals surface area contributed by atoms with Crippen LogP contribution in [0.15, 0.2) is 24.3 Å². The number of carbonyl (C=O) groups excluding carboxylic acids is 1. The fraction of sp³-hybridized carbons (Fsp3) is 0.640. The fourth-order valence-electron chi connectivity index (χ4n) is 5.76. The van der Waals surface area contributed by atoms with Crippen molar-refractivity contribution in [3.8, 4) is 11.5 Å². The Balaban J connectivity index is 1.29. The number of phenolic OH excluding ortho intramolecular Hbond substituents is 1. The van der Waals surface area contributed by atoms with Crippen LogP contribution < -0.4 is 4.74 Å². The number of benzene rings is 1. The van der Waals surface area contributed by atoms with Crippen LogP contribution in [-0.4, -0.2) is 118 Å². The van der Waals surface area contributed by atoms with E-state index >= 15 is 0 Å². The number of phenols is 1. The Labute approximate surface area is 217 Å². The van der Waals surface area contributed by atoms with Gasteiger partial charge in [-0.2, -0.15) is 0 Å². The summed E-state index contributed by atoms with van der Waals surface area (Å²) in [7, 11) is 1.42. The van der Waals surface area contributed by atoms with E-state index in [1.54, 1.807) is 12.1 Å². The van der Waals surface area contributed by atoms with Gasteiger partial charge in [0.2, 0.25) is 0 Å². The number of carbonyl (C=O) groups is 1. The number of aromatic hydroxyl groups is 1. The van der Waals surface area contributed by atoms with Crippen molar-refractivity contribution in [3.63, 3.8) is 0 Å². The molecule has 6 N–H and O–H groups in total. The molecule has 13 nitrogen and oxygen atoms in total. The van der Waals surface area contributed by atoms with Crippen LogP contribution in [0.25, 0.3) is 6.08 Å². The van der Waals surface area contributed by atoms with E-state index < -0.39 is 79.9 Å². The van der Waals surface area contributed by atoms with Gasteiger partial charge < -0.3 is 59.1 Å². The summed E-state index contributed by atoms with van der Waals surface area (Å²) in [4.78, 5) is 12.7. The van der Waals surface area contributed by atoms with Crippen LogP contribution in [0.4, 0.5) is 0 Å². The Hall–Kier alpha value is -2.33. The maximum absolute atomic E-state index is 12.7. The summed E-state index contributed by atoms with van der Waals surface area (Å²) >= 11 is 0. The molecule has 38 heavy (non-hydrogen) atoms. The molecule has 4 aliphatic rings. The predicted octanol–water partition coefficient (Wildman–Crippen LogP) is -1.74. The number of aliphatic hydroxyl groups excluding tert-OH is 5. The number of fused-ring (bicyclic) bond motifs is 3. The van der Waals surface area contributed by atoms with Crippen LogP contribution in [0.2, 0.25) is 0 Å². The molecular formula is C25H32O13. The molecule has 0 amide bonds. The molecular weight excluding hydrogens is 508 g/mol. The van der Waals surface area contributed by atoms with E-state index in [0.717, 1.165) is 0 Å². The normalized spacial score (nSPS) is 41.9. The van der Waals surface area contributed by atoms with Gasteiger partial charge in [0.25, 0.3) is 0 Å². The number of epoxide rings is 1. The first-order chi connectivity index (χ1) is 18.2. The van der Waals surface area contributed by atoms with Gasteiger partial charge in [-0.15, -0.1) is 0 Å². The lowest BCUT2D eigenvalue weighted by Crippen LogP contribution is -2.61. The molecule has 210 valence electrons. The molecule has 1 aromatic carbocycles. The van der Waals surface area contributed by atoms with Gasteiger partial charge >= 0.3 is 5.97 Å². The second-order valence-corrected chi connectivity index (χ2v) is 9.87. The zero-order chi connectivity index (χ0) is 27.2. The molecule has 0 radical (unpaired) electrons. The number of aliphatic hydroxyl groups is 5. The summed E-state index contributed by atoms with van der Waals surface area (Å²) in [5.41, 5.74) is -0.490. The molecule has 11 atom stereocenters. The number of methoxy groups -OCH3 is 1. The van der Waals surface area contributed by atoms with E-state index in [-0.39, 0.29) is 24.0 Å². The van der Waals surface area contributed by atoms with Crippen LogP contribution in [0.5, 0.6) is 11.5 Å². The largest absolute Gasteiger partial charge is 0.504 e. The van der Waals surface area contributed by atoms with Gasteiger partial charge in [-0.3, -0.25) is 0 Å². The fourth-order valence-corrected chi connectivity index (χ4v) is 5.76. The average molecular weight is 541 g/mol. The van der Waals surface area contributed by atoms with E-state index in [1.807, 2.05) is 0 Å². The van der Waals surface area contributed by atoms with Crippen LogP contribution in [-0.2, 0) is 28.5 Å². The molecule has 4 fully saturated rings. The zero-order valence-electron chi connectivity index (χ0n) is 20.5. The van der Waals surface area contributed by atoms with Crippen LogP contribution >= 0.6 is 0 Å². The highest BCUT2D eigenvalue weighted by Crippen LogP contribution is 2.61. The molecule has 1 aromatic rings. The maximum atomic E-state index is 12.7. The van der Waals surface area contributed by atoms with Gasteiger partial charge in [-0.25, -0.2) is 4.79 Å². The quantitative estimate of drug-likeness (QED) is 0.124. The predicted molar refractivity (Wildman–Crippen MR) is 124 cm³/mol. The second-order valence-electron chi connectivity index (χ2n) is 9.87. The average Bonchev–Trinajstić information content (AvgIpc) is 3.60. The molecule has 1 aliphatic carbocycles. The van der Waals surface area contributed by atoms with Crippen LogP contribution in [0, 0.1) is 11.8 Å². The van der Waals surface area contributed by atoms with Crippen molar-refractivity contribution < 1.29 is 63.9 Å². The van der Waals surface area contributed by atoms with Crippen molar-refractivity contribution in [2.24, 2.45) is 11.8 Å². The summed E-state index contributed by atoms with van der Waals surface area (Å²) < 4.78 is 33.7. The van der Waals surface area contributed by atoms with Crippen molar-refractivity contribution in [1.82, 2.24) is 0 Å². The summed E-state index contributed by atoms with van der Waals surface area (Å²) in [6, 6.07) is 4.61. The zero-order valence-corrected chi connectivity index (χ0v) is 20.5. The number of esters is 1. The van der Waals surface area contributed by atoms with Crippen molar-refractivity contribution in [2.45, 2.75) is 61.2 Å². The number of hydrogen-bond acceptors (Lipinski definition) is 13. The van der Waals surface area contributed by atoms with Crippen LogP contribution in [0.1, 0.15) is 12.0 Å². The minimum absolute atomic E-state index is 0.0320. The highest BCUT2D eigenvalue weighted by atomic mass is 16.8. The number of rotatable bonds is 8. The third-order valence-corrected chi connectivity index (χ3v) is 7.77. The molecule has 11 unspecified atom stereocenters. The maximum Gasteiger partial charge on any atom is 0.331 e. The van der Waals surface area contributed by atoms with E-state index in [0.29, 0.717) is 12.0 Å². The summed E-state index contributed by atoms with van der Waals surface area (Å²) in [6.45, 7) is -0.792. The molecule has 5 rings (SSSR count). The minimum Gasteiger partial charge on any atom is -0.504 e. The van der Waals surface area contributed by atoms with E-state index in [4.69, 9.17) is 28.4 Å². The lowest BCUT2D eigenvalue weighted by molar-refractivity contribution is -0.356. The first-order valence-corrected chi connectivity index (χ1v) is 12.4. The standard InChI is InChI=1S/C25H32O13/c1-33-14-8-11(2-4-13(14)28)3-5-16(29)36-21-12-6-7-34-23(17(12)25(10-27)22(21)38-25)37-24-20(32)19(31)18(30)15(9-26)35-24/h2-5,8,12,15,17-24,26-28,30-32H,6-7,9-10H2,1H3. The van der Waals surface area contributed by atoms with E-state index in [2.05, 4.69) is 0 Å². The Kier molecular flexibility index (Phi) is 7.66. The molecule has 3 saturated heterocycles. The van der Waals surface area contributed by atoms with Gasteiger partial charge in [0.05, 0.1) is 32.8 Å². The lowest BCUT2D eigenvalue weighted by Gasteiger charge is -2.44. The van der Waals surface area contributed by atoms with Crippen molar-refractivity contribution in [2.75, 3.05) is 26.9 Å². The Morgan fingerprint density at radius 3 is 2.66 bits per heavy atom. The van der Waals surface area contributed by atoms with Gasteiger partial charge in [0, 0.05) is 12.0 Å². The highest BCUT2D eigenvalue weighted by molar-refractivity contribution is 5.87. The Morgan fingerprint density at radius 2 is 1.95 bits per heavy atom. The van der Waals surface area contributed by atoms with Gasteiger partial charge in [0.1, 0.15) is 42.2 Å². The molecule has 0 spiro atoms. The summed E-state index contributed by atoms with van der Waals surface area (Å²) in [5.74, 6) is -1.32. The van der Waals surface area contributed by atoms with Gasteiger partial charge in [0.15, 0.2) is 24.1 Å². The number of hydrogen-bond donors (Lipinski definition) is 6. The second kappa shape index (κ2) is 10.7. The van der Waals surface area contributed by atoms with Crippen molar-refractivity contribution in [3.05, 3.63) is 29.8 Å². The molecule has 3 aliphatic heterocycles. The lowest BCUT2D eigenvalue weighted by atomic mass is 9.83. The molecule has 3 heterocycles. The van der Waals surface area contributed by atoms with Crippen molar-refractivity contribution in [1.29, 1.82) is 0 Å². The third kappa shape index (κ3) is 4.68. The Bertz CT molecular complexity index is 1050. The van der Waals surface area contributed by atoms with E-state index in [1.165, 1.54) is 25.3 Å². The third-order valence-electron chi connectivity index (χ3n) is 7.77. The van der Waals surface area contributed by atoms with E-state index in [9.17, 15) is 35.4 Å². The topological polar surface area (TPSA) is 197 Å². The summed E-state index contributed by atoms with van der Waals surface area (Å²) in [5, 5.41) is 59.9. The molecule has 0 bridgehead atoms. The van der Waals surface area contributed by atoms with Gasteiger partial charge in [-0.05, 0) is 30.2 Å². The Morgan fingerprint density at radius 1 is 1.16 bits per heavy atom. The SMILES string of the molecule is COc1cc(C=CC(=O)OC2C3CCOC(OC4OC(CO)C(O)C(O)C4O)C3C3(CO)OC23)ccc1O. The van der Waals surface area contributed by atoms with Gasteiger partial charge in [-0.1, -0.05) is 6.07 Å². The highest BCUT2D eigenvalue weighted by Gasteiger charge is 2.77. The smallest absolute Gasteiger partial charge is 0.331 e. The monoisotopic (exact) mass is 540 g/mol. The molecule has 0 aromatic heterocycles. The first kappa shape index (κ1) is 27.2. The van der Waals surface area contributed by atoms with Crippen molar-refractivity contribution >= 4 is 12.0 Å². The number of ether oxygens (including phenoxy) is 6. The minimum atomic E-state index is -1.63. The molecule has 1 saturated carbocycles. The summed E-state index contributed by atoms with van der Waals surface area (Å²) in [6.07, 6.45) is -6.52. The first-order valence-electron chi connectivity index (χ1n) is 12.4. The van der Waals surface area contributed by atoms with Crippen LogP contribution in [0.3, 0.4) is 0 Å². The molecule has 13 heteroatoms.